The van der Waals surface area contributed by atoms with Gasteiger partial charge in [0.1, 0.15) is 0 Å². The Balaban J connectivity index is 1.51. The lowest BCUT2D eigenvalue weighted by atomic mass is 10.1. The summed E-state index contributed by atoms with van der Waals surface area (Å²) in [6.07, 6.45) is 0.220. The van der Waals surface area contributed by atoms with Crippen LogP contribution in [0.15, 0.2) is 18.2 Å². The topological polar surface area (TPSA) is 41.9 Å². The summed E-state index contributed by atoms with van der Waals surface area (Å²) in [7, 11) is 0. The Bertz CT molecular complexity index is 574. The summed E-state index contributed by atoms with van der Waals surface area (Å²) in [6, 6.07) is 5.07. The fourth-order valence-electron chi connectivity index (χ4n) is 3.41. The second kappa shape index (κ2) is 4.30. The van der Waals surface area contributed by atoms with Crippen molar-refractivity contribution < 1.29 is 23.4 Å². The summed E-state index contributed by atoms with van der Waals surface area (Å²) < 4.78 is 34.9. The van der Waals surface area contributed by atoms with Crippen molar-refractivity contribution in [3.63, 3.8) is 0 Å². The summed E-state index contributed by atoms with van der Waals surface area (Å²) in [6.45, 7) is 1.56. The summed E-state index contributed by atoms with van der Waals surface area (Å²) in [5, 5.41) is 10.3. The van der Waals surface area contributed by atoms with Gasteiger partial charge in [-0.3, -0.25) is 4.90 Å². The standard InChI is InChI=1S/C15H17F2NO3/c16-15(17)20-11-4-3-10(8-12(11)21-15)9-18-7-1-2-13(18)14(19)5-6-14/h3-4,8,13,19H,1-2,5-7,9H2. The summed E-state index contributed by atoms with van der Waals surface area (Å²) >= 11 is 0. The number of likely N-dealkylation sites (tertiary alicyclic amines) is 1. The maximum atomic E-state index is 13.0. The largest absolute Gasteiger partial charge is 0.586 e. The van der Waals surface area contributed by atoms with Crippen molar-refractivity contribution in [3.05, 3.63) is 23.8 Å². The van der Waals surface area contributed by atoms with Gasteiger partial charge in [0, 0.05) is 12.6 Å². The molecule has 2 heterocycles. The number of aliphatic hydroxyl groups is 1. The second-order valence-electron chi connectivity index (χ2n) is 6.18. The van der Waals surface area contributed by atoms with E-state index in [9.17, 15) is 13.9 Å². The second-order valence-corrected chi connectivity index (χ2v) is 6.18. The molecule has 4 rings (SSSR count). The van der Waals surface area contributed by atoms with Gasteiger partial charge >= 0.3 is 6.29 Å². The molecular formula is C15H17F2NO3. The summed E-state index contributed by atoms with van der Waals surface area (Å²) in [5.74, 6) is 0.154. The molecule has 21 heavy (non-hydrogen) atoms. The fraction of sp³-hybridized carbons (Fsp3) is 0.600. The van der Waals surface area contributed by atoms with Gasteiger partial charge in [0.25, 0.3) is 0 Å². The maximum absolute atomic E-state index is 13.0. The quantitative estimate of drug-likeness (QED) is 0.931. The molecule has 3 aliphatic rings. The first-order chi connectivity index (χ1) is 9.95. The van der Waals surface area contributed by atoms with E-state index in [0.717, 1.165) is 37.8 Å². The van der Waals surface area contributed by atoms with E-state index >= 15 is 0 Å². The molecule has 0 aromatic heterocycles. The number of hydrogen-bond acceptors (Lipinski definition) is 4. The van der Waals surface area contributed by atoms with Crippen molar-refractivity contribution in [1.82, 2.24) is 4.90 Å². The van der Waals surface area contributed by atoms with Gasteiger partial charge in [0.05, 0.1) is 5.60 Å². The molecule has 1 saturated carbocycles. The third kappa shape index (κ3) is 2.36. The molecule has 0 spiro atoms. The number of alkyl halides is 2. The monoisotopic (exact) mass is 297 g/mol. The van der Waals surface area contributed by atoms with Gasteiger partial charge < -0.3 is 14.6 Å². The van der Waals surface area contributed by atoms with Gasteiger partial charge in [-0.15, -0.1) is 8.78 Å². The third-order valence-electron chi connectivity index (χ3n) is 4.60. The van der Waals surface area contributed by atoms with Crippen molar-refractivity contribution in [1.29, 1.82) is 0 Å². The highest BCUT2D eigenvalue weighted by Crippen LogP contribution is 2.45. The minimum absolute atomic E-state index is 0.0718. The normalized spacial score (nSPS) is 28.8. The smallest absolute Gasteiger partial charge is 0.395 e. The molecule has 2 aliphatic heterocycles. The van der Waals surface area contributed by atoms with E-state index < -0.39 is 11.9 Å². The van der Waals surface area contributed by atoms with E-state index in [4.69, 9.17) is 0 Å². The Morgan fingerprint density at radius 1 is 1.24 bits per heavy atom. The van der Waals surface area contributed by atoms with E-state index in [1.165, 1.54) is 6.07 Å². The zero-order chi connectivity index (χ0) is 14.7. The number of ether oxygens (including phenoxy) is 2. The molecular weight excluding hydrogens is 280 g/mol. The Labute approximate surface area is 121 Å². The Morgan fingerprint density at radius 2 is 2.00 bits per heavy atom. The fourth-order valence-corrected chi connectivity index (χ4v) is 3.41. The van der Waals surface area contributed by atoms with Gasteiger partial charge in [-0.05, 0) is 49.9 Å². The Kier molecular flexibility index (Phi) is 2.72. The van der Waals surface area contributed by atoms with Crippen LogP contribution in [0, 0.1) is 0 Å². The van der Waals surface area contributed by atoms with Gasteiger partial charge in [-0.2, -0.15) is 0 Å². The van der Waals surface area contributed by atoms with Crippen LogP contribution in [0.1, 0.15) is 31.2 Å². The van der Waals surface area contributed by atoms with Gasteiger partial charge in [-0.25, -0.2) is 0 Å². The minimum Gasteiger partial charge on any atom is -0.395 e. The first kappa shape index (κ1) is 13.3. The van der Waals surface area contributed by atoms with Crippen LogP contribution in [0.3, 0.4) is 0 Å². The lowest BCUT2D eigenvalue weighted by Gasteiger charge is -2.28. The number of rotatable bonds is 3. The summed E-state index contributed by atoms with van der Waals surface area (Å²) in [4.78, 5) is 2.24. The summed E-state index contributed by atoms with van der Waals surface area (Å²) in [5.41, 5.74) is 0.367. The number of fused-ring (bicyclic) bond motifs is 1. The molecule has 0 amide bonds. The maximum Gasteiger partial charge on any atom is 0.586 e. The van der Waals surface area contributed by atoms with Crippen LogP contribution in [-0.2, 0) is 6.54 Å². The molecule has 114 valence electrons. The van der Waals surface area contributed by atoms with E-state index in [1.54, 1.807) is 12.1 Å². The lowest BCUT2D eigenvalue weighted by Crippen LogP contribution is -2.40. The molecule has 0 radical (unpaired) electrons. The predicted octanol–water partition coefficient (Wildman–Crippen LogP) is 2.50. The molecule has 1 aromatic carbocycles. The van der Waals surface area contributed by atoms with Crippen LogP contribution in [0.25, 0.3) is 0 Å². The number of nitrogens with zero attached hydrogens (tertiary/aromatic N) is 1. The lowest BCUT2D eigenvalue weighted by molar-refractivity contribution is -0.286. The molecule has 1 aromatic rings. The molecule has 6 heteroatoms. The van der Waals surface area contributed by atoms with Crippen molar-refractivity contribution in [2.45, 2.75) is 50.2 Å². The molecule has 1 saturated heterocycles. The first-order valence-corrected chi connectivity index (χ1v) is 7.30. The minimum atomic E-state index is -3.57. The highest BCUT2D eigenvalue weighted by atomic mass is 19.3. The first-order valence-electron chi connectivity index (χ1n) is 7.30. The molecule has 2 fully saturated rings. The molecule has 1 N–H and O–H groups in total. The van der Waals surface area contributed by atoms with Crippen LogP contribution >= 0.6 is 0 Å². The SMILES string of the molecule is OC1(C2CCCN2Cc2ccc3c(c2)OC(F)(F)O3)CC1. The van der Waals surface area contributed by atoms with Gasteiger partial charge in [0.2, 0.25) is 0 Å². The molecule has 0 bridgehead atoms. The van der Waals surface area contributed by atoms with E-state index in [0.29, 0.717) is 6.54 Å². The van der Waals surface area contributed by atoms with E-state index in [1.807, 2.05) is 0 Å². The van der Waals surface area contributed by atoms with E-state index in [2.05, 4.69) is 14.4 Å². The highest BCUT2D eigenvalue weighted by Gasteiger charge is 2.51. The van der Waals surface area contributed by atoms with Crippen LogP contribution < -0.4 is 9.47 Å². The Morgan fingerprint density at radius 3 is 2.76 bits per heavy atom. The van der Waals surface area contributed by atoms with Gasteiger partial charge in [0.15, 0.2) is 11.5 Å². The molecule has 1 unspecified atom stereocenters. The third-order valence-corrected chi connectivity index (χ3v) is 4.60. The van der Waals surface area contributed by atoms with Gasteiger partial charge in [-0.1, -0.05) is 6.07 Å². The Hall–Kier alpha value is -1.40. The number of halogens is 2. The van der Waals surface area contributed by atoms with Crippen molar-refractivity contribution in [2.24, 2.45) is 0 Å². The zero-order valence-electron chi connectivity index (χ0n) is 11.5. The number of benzene rings is 1. The molecule has 1 atom stereocenters. The van der Waals surface area contributed by atoms with Crippen molar-refractivity contribution in [2.75, 3.05) is 6.54 Å². The highest BCUT2D eigenvalue weighted by molar-refractivity contribution is 5.45. The van der Waals surface area contributed by atoms with E-state index in [-0.39, 0.29) is 17.5 Å². The molecule has 1 aliphatic carbocycles. The van der Waals surface area contributed by atoms with Crippen molar-refractivity contribution in [3.8, 4) is 11.5 Å². The van der Waals surface area contributed by atoms with Crippen LogP contribution in [-0.4, -0.2) is 34.5 Å². The zero-order valence-corrected chi connectivity index (χ0v) is 11.5. The average molecular weight is 297 g/mol. The van der Waals surface area contributed by atoms with Crippen LogP contribution in [0.5, 0.6) is 11.5 Å². The van der Waals surface area contributed by atoms with Crippen LogP contribution in [0.2, 0.25) is 0 Å². The van der Waals surface area contributed by atoms with Crippen LogP contribution in [0.4, 0.5) is 8.78 Å². The number of hydrogen-bond donors (Lipinski definition) is 1. The average Bonchev–Trinajstić information content (AvgIpc) is 2.85. The van der Waals surface area contributed by atoms with Crippen molar-refractivity contribution >= 4 is 0 Å². The predicted molar refractivity (Wildman–Crippen MR) is 70.3 cm³/mol. The molecule has 4 nitrogen and oxygen atoms in total.